The molecule has 1 unspecified atom stereocenters. The van der Waals surface area contributed by atoms with Crippen LogP contribution in [0.3, 0.4) is 0 Å². The Bertz CT molecular complexity index is 990. The average Bonchev–Trinajstić information content (AvgIpc) is 2.83. The number of β-lactam (4-membered cyclic amide) rings is 1. The first kappa shape index (κ1) is 24.8. The SMILES string of the molecule is C=CCOc1ccc(OCCCC[C@H]2C(=O)N(C(Cc3ccccc3)C(=O)O)[C@H]2C(=O)O)cc1. The Labute approximate surface area is 198 Å². The van der Waals surface area contributed by atoms with Gasteiger partial charge in [0.25, 0.3) is 0 Å². The van der Waals surface area contributed by atoms with Crippen molar-refractivity contribution < 1.29 is 34.1 Å². The highest BCUT2D eigenvalue weighted by atomic mass is 16.5. The Kier molecular flexibility index (Phi) is 8.67. The number of rotatable bonds is 14. The maximum absolute atomic E-state index is 12.8. The number of ether oxygens (including phenoxy) is 2. The Morgan fingerprint density at radius 2 is 1.65 bits per heavy atom. The van der Waals surface area contributed by atoms with E-state index >= 15 is 0 Å². The van der Waals surface area contributed by atoms with E-state index in [1.165, 1.54) is 0 Å². The van der Waals surface area contributed by atoms with Crippen molar-refractivity contribution in [1.29, 1.82) is 0 Å². The number of unbranched alkanes of at least 4 members (excludes halogenated alkanes) is 1. The lowest BCUT2D eigenvalue weighted by molar-refractivity contribution is -0.180. The maximum atomic E-state index is 12.8. The number of carbonyl (C=O) groups is 3. The second-order valence-corrected chi connectivity index (χ2v) is 8.09. The molecule has 0 aromatic heterocycles. The molecule has 180 valence electrons. The summed E-state index contributed by atoms with van der Waals surface area (Å²) in [6.07, 6.45) is 3.31. The molecule has 1 saturated heterocycles. The van der Waals surface area contributed by atoms with E-state index in [9.17, 15) is 24.6 Å². The zero-order valence-electron chi connectivity index (χ0n) is 18.8. The van der Waals surface area contributed by atoms with Crippen LogP contribution in [0.5, 0.6) is 11.5 Å². The predicted molar refractivity (Wildman–Crippen MR) is 125 cm³/mol. The Balaban J connectivity index is 1.49. The molecule has 8 nitrogen and oxygen atoms in total. The van der Waals surface area contributed by atoms with Gasteiger partial charge in [-0.15, -0.1) is 0 Å². The summed E-state index contributed by atoms with van der Waals surface area (Å²) in [5.74, 6) is -2.14. The van der Waals surface area contributed by atoms with E-state index < -0.39 is 35.8 Å². The summed E-state index contributed by atoms with van der Waals surface area (Å²) >= 11 is 0. The number of likely N-dealkylation sites (tertiary alicyclic amines) is 1. The number of nitrogens with zero attached hydrogens (tertiary/aromatic N) is 1. The van der Waals surface area contributed by atoms with Gasteiger partial charge in [0.15, 0.2) is 0 Å². The lowest BCUT2D eigenvalue weighted by Crippen LogP contribution is -2.69. The van der Waals surface area contributed by atoms with Gasteiger partial charge in [0.05, 0.1) is 12.5 Å². The van der Waals surface area contributed by atoms with Crippen LogP contribution in [0.2, 0.25) is 0 Å². The van der Waals surface area contributed by atoms with Crippen LogP contribution < -0.4 is 9.47 Å². The molecule has 1 aliphatic rings. The molecule has 34 heavy (non-hydrogen) atoms. The summed E-state index contributed by atoms with van der Waals surface area (Å²) in [5, 5.41) is 19.4. The van der Waals surface area contributed by atoms with Gasteiger partial charge in [-0.25, -0.2) is 9.59 Å². The molecule has 1 amide bonds. The summed E-state index contributed by atoms with van der Waals surface area (Å²) in [6.45, 7) is 4.44. The second kappa shape index (κ2) is 11.9. The third-order valence-corrected chi connectivity index (χ3v) is 5.77. The van der Waals surface area contributed by atoms with Gasteiger partial charge < -0.3 is 24.6 Å². The van der Waals surface area contributed by atoms with Crippen molar-refractivity contribution in [2.75, 3.05) is 13.2 Å². The zero-order chi connectivity index (χ0) is 24.5. The summed E-state index contributed by atoms with van der Waals surface area (Å²) in [5.41, 5.74) is 0.729. The minimum absolute atomic E-state index is 0.0592. The molecule has 0 aliphatic carbocycles. The Hall–Kier alpha value is -3.81. The summed E-state index contributed by atoms with van der Waals surface area (Å²) < 4.78 is 11.1. The van der Waals surface area contributed by atoms with Gasteiger partial charge in [-0.2, -0.15) is 0 Å². The van der Waals surface area contributed by atoms with Crippen LogP contribution in [0, 0.1) is 5.92 Å². The van der Waals surface area contributed by atoms with E-state index in [0.29, 0.717) is 44.0 Å². The van der Waals surface area contributed by atoms with Crippen LogP contribution in [0.25, 0.3) is 0 Å². The second-order valence-electron chi connectivity index (χ2n) is 8.09. The number of aliphatic carboxylic acids is 2. The van der Waals surface area contributed by atoms with Crippen LogP contribution in [-0.2, 0) is 20.8 Å². The third-order valence-electron chi connectivity index (χ3n) is 5.77. The molecule has 3 rings (SSSR count). The fraction of sp³-hybridized carbons (Fsp3) is 0.346. The van der Waals surface area contributed by atoms with Gasteiger partial charge in [0, 0.05) is 6.42 Å². The third kappa shape index (κ3) is 6.15. The number of carboxylic acid groups (broad SMARTS) is 2. The van der Waals surface area contributed by atoms with Gasteiger partial charge in [0.1, 0.15) is 30.2 Å². The van der Waals surface area contributed by atoms with E-state index in [2.05, 4.69) is 6.58 Å². The van der Waals surface area contributed by atoms with Crippen LogP contribution in [-0.4, -0.2) is 58.3 Å². The summed E-state index contributed by atoms with van der Waals surface area (Å²) in [4.78, 5) is 37.5. The van der Waals surface area contributed by atoms with Crippen LogP contribution in [0.15, 0.2) is 67.3 Å². The number of hydrogen-bond donors (Lipinski definition) is 2. The van der Waals surface area contributed by atoms with Crippen molar-refractivity contribution in [3.05, 3.63) is 72.8 Å². The van der Waals surface area contributed by atoms with Crippen molar-refractivity contribution in [2.45, 2.75) is 37.8 Å². The smallest absolute Gasteiger partial charge is 0.327 e. The fourth-order valence-corrected chi connectivity index (χ4v) is 4.08. The molecule has 2 aromatic carbocycles. The molecule has 0 saturated carbocycles. The highest BCUT2D eigenvalue weighted by Gasteiger charge is 2.55. The van der Waals surface area contributed by atoms with Gasteiger partial charge in [0.2, 0.25) is 5.91 Å². The largest absolute Gasteiger partial charge is 0.494 e. The minimum atomic E-state index is -1.21. The van der Waals surface area contributed by atoms with Crippen molar-refractivity contribution in [3.8, 4) is 11.5 Å². The Morgan fingerprint density at radius 3 is 2.24 bits per heavy atom. The molecule has 1 heterocycles. The normalized spacial score (nSPS) is 18.0. The minimum Gasteiger partial charge on any atom is -0.494 e. The first-order chi connectivity index (χ1) is 16.4. The van der Waals surface area contributed by atoms with Crippen molar-refractivity contribution in [2.24, 2.45) is 5.92 Å². The van der Waals surface area contributed by atoms with E-state index in [4.69, 9.17) is 9.47 Å². The fourth-order valence-electron chi connectivity index (χ4n) is 4.08. The standard InChI is InChI=1S/C26H29NO7/c1-2-15-33-19-11-13-20(14-12-19)34-16-7-6-10-21-23(26(31)32)27(24(21)28)22(25(29)30)17-18-8-4-3-5-9-18/h2-5,8-9,11-14,21-23H,1,6-7,10,15-17H2,(H,29,30)(H,31,32)/t21-,22?,23-/m1/s1. The van der Waals surface area contributed by atoms with E-state index in [-0.39, 0.29) is 6.42 Å². The molecule has 8 heteroatoms. The van der Waals surface area contributed by atoms with E-state index in [1.807, 2.05) is 6.07 Å². The average molecular weight is 468 g/mol. The molecular formula is C26H29NO7. The molecule has 2 aromatic rings. The number of amides is 1. The summed E-state index contributed by atoms with van der Waals surface area (Å²) in [6, 6.07) is 13.7. The lowest BCUT2D eigenvalue weighted by Gasteiger charge is -2.47. The number of hydrogen-bond acceptors (Lipinski definition) is 5. The molecule has 0 spiro atoms. The van der Waals surface area contributed by atoms with Gasteiger partial charge in [-0.05, 0) is 49.1 Å². The maximum Gasteiger partial charge on any atom is 0.327 e. The van der Waals surface area contributed by atoms with Gasteiger partial charge in [-0.3, -0.25) is 4.79 Å². The number of carboxylic acids is 2. The number of benzene rings is 2. The topological polar surface area (TPSA) is 113 Å². The monoisotopic (exact) mass is 467 g/mol. The van der Waals surface area contributed by atoms with Crippen LogP contribution in [0.1, 0.15) is 24.8 Å². The van der Waals surface area contributed by atoms with Crippen LogP contribution in [0.4, 0.5) is 0 Å². The number of carbonyl (C=O) groups excluding carboxylic acids is 1. The molecule has 1 aliphatic heterocycles. The highest BCUT2D eigenvalue weighted by Crippen LogP contribution is 2.34. The van der Waals surface area contributed by atoms with Crippen molar-refractivity contribution in [1.82, 2.24) is 4.90 Å². The van der Waals surface area contributed by atoms with E-state index in [0.717, 1.165) is 10.5 Å². The molecule has 2 N–H and O–H groups in total. The highest BCUT2D eigenvalue weighted by molar-refractivity contribution is 5.99. The molecular weight excluding hydrogens is 438 g/mol. The van der Waals surface area contributed by atoms with Crippen molar-refractivity contribution >= 4 is 17.8 Å². The van der Waals surface area contributed by atoms with Crippen molar-refractivity contribution in [3.63, 3.8) is 0 Å². The molecule has 0 radical (unpaired) electrons. The predicted octanol–water partition coefficient (Wildman–Crippen LogP) is 3.41. The first-order valence-electron chi connectivity index (χ1n) is 11.2. The van der Waals surface area contributed by atoms with Gasteiger partial charge >= 0.3 is 11.9 Å². The lowest BCUT2D eigenvalue weighted by atomic mass is 9.81. The molecule has 0 bridgehead atoms. The summed E-state index contributed by atoms with van der Waals surface area (Å²) in [7, 11) is 0. The molecule has 1 fully saturated rings. The first-order valence-corrected chi connectivity index (χ1v) is 11.2. The Morgan fingerprint density at radius 1 is 1.00 bits per heavy atom. The molecule has 3 atom stereocenters. The quantitative estimate of drug-likeness (QED) is 0.249. The van der Waals surface area contributed by atoms with Crippen LogP contribution >= 0.6 is 0 Å². The van der Waals surface area contributed by atoms with Gasteiger partial charge in [-0.1, -0.05) is 43.0 Å². The zero-order valence-corrected chi connectivity index (χ0v) is 18.8. The van der Waals surface area contributed by atoms with E-state index in [1.54, 1.807) is 54.6 Å².